The molecule has 1 aromatic heterocycles. The minimum Gasteiger partial charge on any atom is -0.490 e. The van der Waals surface area contributed by atoms with E-state index in [2.05, 4.69) is 43.0 Å². The van der Waals surface area contributed by atoms with Crippen molar-refractivity contribution < 1.29 is 4.74 Å². The van der Waals surface area contributed by atoms with Crippen LogP contribution in [0.4, 0.5) is 0 Å². The van der Waals surface area contributed by atoms with Crippen molar-refractivity contribution in [3.8, 4) is 5.75 Å². The summed E-state index contributed by atoms with van der Waals surface area (Å²) in [4.78, 5) is 19.6. The normalized spacial score (nSPS) is 16.7. The maximum Gasteiger partial charge on any atom is 0.271 e. The van der Waals surface area contributed by atoms with Crippen LogP contribution in [-0.4, -0.2) is 11.2 Å². The van der Waals surface area contributed by atoms with Crippen molar-refractivity contribution >= 4 is 23.1 Å². The van der Waals surface area contributed by atoms with Crippen LogP contribution in [0.5, 0.6) is 5.75 Å². The molecule has 1 atom stereocenters. The molecule has 172 valence electrons. The third-order valence-corrected chi connectivity index (χ3v) is 7.52. The summed E-state index contributed by atoms with van der Waals surface area (Å²) < 4.78 is 8.15. The van der Waals surface area contributed by atoms with E-state index in [-0.39, 0.29) is 11.6 Å². The highest BCUT2D eigenvalue weighted by Gasteiger charge is 2.32. The van der Waals surface area contributed by atoms with Gasteiger partial charge < -0.3 is 4.74 Å². The van der Waals surface area contributed by atoms with Gasteiger partial charge in [0, 0.05) is 5.56 Å². The Morgan fingerprint density at radius 3 is 2.57 bits per heavy atom. The summed E-state index contributed by atoms with van der Waals surface area (Å²) >= 11 is 1.45. The monoisotopic (exact) mass is 476 g/mol. The maximum absolute atomic E-state index is 13.8. The van der Waals surface area contributed by atoms with Crippen molar-refractivity contribution in [2.24, 2.45) is 4.99 Å². The summed E-state index contributed by atoms with van der Waals surface area (Å²) in [6.07, 6.45) is 5.51. The highest BCUT2D eigenvalue weighted by Crippen LogP contribution is 2.41. The molecule has 4 nitrogen and oxygen atoms in total. The predicted octanol–water partition coefficient (Wildman–Crippen LogP) is 4.88. The number of hydrogen-bond acceptors (Lipinski definition) is 4. The van der Waals surface area contributed by atoms with Gasteiger partial charge in [0.05, 0.1) is 16.3 Å². The molecular formula is C30H24N2O2S. The number of rotatable bonds is 5. The molecule has 35 heavy (non-hydrogen) atoms. The number of thiazole rings is 1. The predicted molar refractivity (Wildman–Crippen MR) is 141 cm³/mol. The second-order valence-corrected chi connectivity index (χ2v) is 9.70. The van der Waals surface area contributed by atoms with Crippen LogP contribution < -0.4 is 19.6 Å². The van der Waals surface area contributed by atoms with E-state index >= 15 is 0 Å². The van der Waals surface area contributed by atoms with Gasteiger partial charge in [0.1, 0.15) is 12.4 Å². The average Bonchev–Trinajstić information content (AvgIpc) is 3.21. The fraction of sp³-hybridized carbons (Fsp3) is 0.133. The number of fused-ring (bicyclic) bond motifs is 3. The van der Waals surface area contributed by atoms with Crippen molar-refractivity contribution in [2.45, 2.75) is 18.9 Å². The van der Waals surface area contributed by atoms with E-state index in [0.717, 1.165) is 40.2 Å². The Kier molecular flexibility index (Phi) is 5.55. The largest absolute Gasteiger partial charge is 0.490 e. The third kappa shape index (κ3) is 3.88. The van der Waals surface area contributed by atoms with Crippen LogP contribution in [-0.2, 0) is 6.42 Å². The third-order valence-electron chi connectivity index (χ3n) is 6.53. The number of hydrogen-bond donors (Lipinski definition) is 0. The molecule has 0 N–H and O–H groups in total. The Hall–Kier alpha value is -3.96. The number of nitrogens with zero attached hydrogens (tertiary/aromatic N) is 2. The zero-order valence-corrected chi connectivity index (χ0v) is 20.0. The molecule has 0 unspecified atom stereocenters. The van der Waals surface area contributed by atoms with Crippen LogP contribution in [0.1, 0.15) is 34.7 Å². The van der Waals surface area contributed by atoms with Gasteiger partial charge in [-0.1, -0.05) is 90.7 Å². The topological polar surface area (TPSA) is 43.6 Å². The lowest BCUT2D eigenvalue weighted by molar-refractivity contribution is 0.363. The fourth-order valence-electron chi connectivity index (χ4n) is 4.92. The maximum atomic E-state index is 13.8. The molecule has 4 aromatic rings. The minimum absolute atomic E-state index is 0.00000410. The van der Waals surface area contributed by atoms with E-state index in [0.29, 0.717) is 11.1 Å². The molecule has 0 bridgehead atoms. The molecule has 6 rings (SSSR count). The lowest BCUT2D eigenvalue weighted by Gasteiger charge is -2.30. The van der Waals surface area contributed by atoms with Crippen molar-refractivity contribution in [1.82, 2.24) is 4.57 Å². The van der Waals surface area contributed by atoms with Gasteiger partial charge in [0.2, 0.25) is 0 Å². The standard InChI is InChI=1S/C30H24N2O2S/c1-2-18-34-23-15-12-20(13-16-23)19-26-29(33)32-28(22-9-4-3-5-10-22)25-17-14-21-8-6-7-11-24(21)27(25)31-30(32)35-26/h2-13,15-16,19,28H,1,14,17-18H2/b26-19-/t28-/m1/s1. The van der Waals surface area contributed by atoms with Gasteiger partial charge in [-0.2, -0.15) is 0 Å². The highest BCUT2D eigenvalue weighted by atomic mass is 32.1. The molecule has 3 aromatic carbocycles. The number of benzene rings is 3. The average molecular weight is 477 g/mol. The lowest BCUT2D eigenvalue weighted by Crippen LogP contribution is -2.38. The highest BCUT2D eigenvalue weighted by molar-refractivity contribution is 7.07. The lowest BCUT2D eigenvalue weighted by atomic mass is 9.83. The van der Waals surface area contributed by atoms with E-state index in [1.54, 1.807) is 6.08 Å². The van der Waals surface area contributed by atoms with E-state index in [1.165, 1.54) is 28.0 Å². The molecule has 5 heteroatoms. The Morgan fingerprint density at radius 2 is 1.77 bits per heavy atom. The van der Waals surface area contributed by atoms with Crippen LogP contribution in [0.2, 0.25) is 0 Å². The molecule has 0 fully saturated rings. The second-order valence-electron chi connectivity index (χ2n) is 8.69. The molecular weight excluding hydrogens is 452 g/mol. The quantitative estimate of drug-likeness (QED) is 0.385. The summed E-state index contributed by atoms with van der Waals surface area (Å²) in [7, 11) is 0. The Bertz CT molecular complexity index is 1630. The molecule has 0 radical (unpaired) electrons. The van der Waals surface area contributed by atoms with Crippen LogP contribution in [0.3, 0.4) is 0 Å². The van der Waals surface area contributed by atoms with Crippen molar-refractivity contribution in [2.75, 3.05) is 6.61 Å². The van der Waals surface area contributed by atoms with Crippen molar-refractivity contribution in [3.63, 3.8) is 0 Å². The van der Waals surface area contributed by atoms with E-state index in [1.807, 2.05) is 53.1 Å². The van der Waals surface area contributed by atoms with Gasteiger partial charge in [-0.05, 0) is 53.3 Å². The van der Waals surface area contributed by atoms with Gasteiger partial charge in [-0.25, -0.2) is 4.99 Å². The summed E-state index contributed by atoms with van der Waals surface area (Å²) in [6.45, 7) is 4.14. The SMILES string of the molecule is C=CCOc1ccc(/C=c2\sc3n(c2=O)[C@H](c2ccccc2)C2=C(N=3)c3ccccc3CC2)cc1. The Morgan fingerprint density at radius 1 is 1.00 bits per heavy atom. The summed E-state index contributed by atoms with van der Waals surface area (Å²) in [5, 5.41) is 0. The van der Waals surface area contributed by atoms with E-state index in [4.69, 9.17) is 9.73 Å². The Balaban J connectivity index is 1.52. The number of ether oxygens (including phenoxy) is 1. The van der Waals surface area contributed by atoms with E-state index < -0.39 is 0 Å². The zero-order valence-electron chi connectivity index (χ0n) is 19.2. The molecule has 1 aliphatic heterocycles. The molecule has 2 heterocycles. The van der Waals surface area contributed by atoms with Crippen molar-refractivity contribution in [3.05, 3.63) is 139 Å². The van der Waals surface area contributed by atoms with Gasteiger partial charge in [0.25, 0.3) is 5.56 Å². The first-order valence-corrected chi connectivity index (χ1v) is 12.6. The van der Waals surface area contributed by atoms with Crippen molar-refractivity contribution in [1.29, 1.82) is 0 Å². The zero-order chi connectivity index (χ0) is 23.8. The molecule has 2 aliphatic rings. The number of aromatic nitrogens is 1. The first kappa shape index (κ1) is 21.6. The van der Waals surface area contributed by atoms with Gasteiger partial charge >= 0.3 is 0 Å². The van der Waals surface area contributed by atoms with Gasteiger partial charge in [-0.15, -0.1) is 0 Å². The first-order chi connectivity index (χ1) is 17.2. The smallest absolute Gasteiger partial charge is 0.271 e. The second kappa shape index (κ2) is 9.01. The fourth-order valence-corrected chi connectivity index (χ4v) is 5.93. The van der Waals surface area contributed by atoms with Crippen LogP contribution in [0.25, 0.3) is 11.8 Å². The van der Waals surface area contributed by atoms with Crippen LogP contribution in [0, 0.1) is 0 Å². The van der Waals surface area contributed by atoms with Crippen LogP contribution >= 0.6 is 11.3 Å². The molecule has 0 spiro atoms. The molecule has 0 saturated heterocycles. The number of allylic oxidation sites excluding steroid dienone is 1. The molecule has 0 amide bonds. The summed E-state index contributed by atoms with van der Waals surface area (Å²) in [6, 6.07) is 26.4. The summed E-state index contributed by atoms with van der Waals surface area (Å²) in [5.74, 6) is 0.777. The van der Waals surface area contributed by atoms with E-state index in [9.17, 15) is 4.79 Å². The Labute approximate surface area is 207 Å². The van der Waals surface area contributed by atoms with Gasteiger partial charge in [-0.3, -0.25) is 9.36 Å². The van der Waals surface area contributed by atoms with Crippen LogP contribution in [0.15, 0.2) is 107 Å². The summed E-state index contributed by atoms with van der Waals surface area (Å²) in [5.41, 5.74) is 6.81. The minimum atomic E-state index is -0.146. The molecule has 0 saturated carbocycles. The number of aryl methyl sites for hydroxylation is 1. The van der Waals surface area contributed by atoms with Gasteiger partial charge in [0.15, 0.2) is 4.80 Å². The molecule has 1 aliphatic carbocycles. The first-order valence-electron chi connectivity index (χ1n) is 11.7.